The summed E-state index contributed by atoms with van der Waals surface area (Å²) in [5, 5.41) is 13.7. The smallest absolute Gasteiger partial charge is 0.0981 e. The van der Waals surface area contributed by atoms with Gasteiger partial charge in [0.05, 0.1) is 5.01 Å². The van der Waals surface area contributed by atoms with Crippen molar-refractivity contribution < 1.29 is 5.11 Å². The van der Waals surface area contributed by atoms with Crippen LogP contribution in [0, 0.1) is 5.92 Å². The molecule has 0 aliphatic rings. The molecule has 1 unspecified atom stereocenters. The van der Waals surface area contributed by atoms with Gasteiger partial charge in [0.25, 0.3) is 0 Å². The number of aliphatic hydroxyl groups is 1. The van der Waals surface area contributed by atoms with Crippen molar-refractivity contribution in [1.82, 2.24) is 10.3 Å². The van der Waals surface area contributed by atoms with E-state index in [0.29, 0.717) is 12.0 Å². The first kappa shape index (κ1) is 15.6. The lowest BCUT2D eigenvalue weighted by atomic mass is 9.98. The zero-order valence-corrected chi connectivity index (χ0v) is 13.0. The minimum Gasteiger partial charge on any atom is -0.396 e. The summed E-state index contributed by atoms with van der Waals surface area (Å²) in [5.41, 5.74) is 0.130. The maximum Gasteiger partial charge on any atom is 0.0981 e. The highest BCUT2D eigenvalue weighted by molar-refractivity contribution is 7.11. The highest BCUT2D eigenvalue weighted by Crippen LogP contribution is 2.26. The molecule has 0 saturated carbocycles. The van der Waals surface area contributed by atoms with Crippen LogP contribution in [0.2, 0.25) is 0 Å². The second-order valence-electron chi connectivity index (χ2n) is 6.13. The normalized spacial score (nSPS) is 14.2. The quantitative estimate of drug-likeness (QED) is 0.835. The van der Waals surface area contributed by atoms with E-state index in [0.717, 1.165) is 13.0 Å². The maximum absolute atomic E-state index is 9.04. The monoisotopic (exact) mass is 270 g/mol. The van der Waals surface area contributed by atoms with E-state index in [9.17, 15) is 0 Å². The predicted molar refractivity (Wildman–Crippen MR) is 78.0 cm³/mol. The zero-order valence-electron chi connectivity index (χ0n) is 12.2. The lowest BCUT2D eigenvalue weighted by molar-refractivity contribution is 0.244. The summed E-state index contributed by atoms with van der Waals surface area (Å²) in [5.74, 6) is 0.534. The van der Waals surface area contributed by atoms with Gasteiger partial charge < -0.3 is 10.4 Å². The summed E-state index contributed by atoms with van der Waals surface area (Å²) in [7, 11) is 0. The van der Waals surface area contributed by atoms with Crippen molar-refractivity contribution in [3.8, 4) is 0 Å². The van der Waals surface area contributed by atoms with Gasteiger partial charge in [-0.2, -0.15) is 0 Å². The standard InChI is InChI=1S/C14H26N2OS/c1-10(2)12(6-7-17)15-8-11-9-16-13(18-11)14(3,4)5/h9-10,12,15,17H,6-8H2,1-5H3. The average molecular weight is 270 g/mol. The van der Waals surface area contributed by atoms with E-state index < -0.39 is 0 Å². The van der Waals surface area contributed by atoms with Crippen LogP contribution < -0.4 is 5.32 Å². The van der Waals surface area contributed by atoms with Crippen molar-refractivity contribution in [2.24, 2.45) is 5.92 Å². The van der Waals surface area contributed by atoms with Gasteiger partial charge in [-0.1, -0.05) is 34.6 Å². The molecule has 0 spiro atoms. The van der Waals surface area contributed by atoms with Crippen LogP contribution in [0.1, 0.15) is 50.9 Å². The van der Waals surface area contributed by atoms with Crippen molar-refractivity contribution in [2.45, 2.75) is 59.0 Å². The van der Waals surface area contributed by atoms with Gasteiger partial charge in [0.1, 0.15) is 0 Å². The molecule has 18 heavy (non-hydrogen) atoms. The summed E-state index contributed by atoms with van der Waals surface area (Å²) in [6.07, 6.45) is 2.77. The van der Waals surface area contributed by atoms with Crippen molar-refractivity contribution in [1.29, 1.82) is 0 Å². The molecular weight excluding hydrogens is 244 g/mol. The molecular formula is C14H26N2OS. The number of nitrogens with one attached hydrogen (secondary N) is 1. The van der Waals surface area contributed by atoms with Crippen molar-refractivity contribution >= 4 is 11.3 Å². The lowest BCUT2D eigenvalue weighted by Gasteiger charge is -2.21. The summed E-state index contributed by atoms with van der Waals surface area (Å²) in [6.45, 7) is 12.0. The number of nitrogens with zero attached hydrogens (tertiary/aromatic N) is 1. The van der Waals surface area contributed by atoms with Gasteiger partial charge >= 0.3 is 0 Å². The molecule has 1 atom stereocenters. The van der Waals surface area contributed by atoms with E-state index in [2.05, 4.69) is 44.9 Å². The number of rotatable bonds is 6. The molecule has 0 aliphatic heterocycles. The van der Waals surface area contributed by atoms with E-state index in [1.807, 2.05) is 6.20 Å². The van der Waals surface area contributed by atoms with Crippen LogP contribution in [0.5, 0.6) is 0 Å². The highest BCUT2D eigenvalue weighted by atomic mass is 32.1. The topological polar surface area (TPSA) is 45.1 Å². The van der Waals surface area contributed by atoms with Gasteiger partial charge in [-0.25, -0.2) is 4.98 Å². The number of aliphatic hydroxyl groups excluding tert-OH is 1. The van der Waals surface area contributed by atoms with Crippen LogP contribution in [0.3, 0.4) is 0 Å². The Balaban J connectivity index is 2.55. The molecule has 1 rings (SSSR count). The van der Waals surface area contributed by atoms with Crippen molar-refractivity contribution in [2.75, 3.05) is 6.61 Å². The molecule has 0 bridgehead atoms. The third-order valence-corrected chi connectivity index (χ3v) is 4.40. The Bertz CT molecular complexity index is 355. The molecule has 4 heteroatoms. The Kier molecular flexibility index (Phi) is 5.76. The van der Waals surface area contributed by atoms with Crippen LogP contribution in [-0.2, 0) is 12.0 Å². The molecule has 1 aromatic rings. The van der Waals surface area contributed by atoms with Crippen LogP contribution in [0.4, 0.5) is 0 Å². The third-order valence-electron chi connectivity index (χ3n) is 2.98. The molecule has 2 N–H and O–H groups in total. The molecule has 0 saturated heterocycles. The largest absolute Gasteiger partial charge is 0.396 e. The van der Waals surface area contributed by atoms with E-state index in [4.69, 9.17) is 5.11 Å². The van der Waals surface area contributed by atoms with Crippen molar-refractivity contribution in [3.63, 3.8) is 0 Å². The first-order chi connectivity index (χ1) is 8.34. The molecule has 1 aromatic heterocycles. The fourth-order valence-electron chi connectivity index (χ4n) is 1.78. The van der Waals surface area contributed by atoms with Gasteiger partial charge in [-0.05, 0) is 12.3 Å². The van der Waals surface area contributed by atoms with Gasteiger partial charge in [0.15, 0.2) is 0 Å². The summed E-state index contributed by atoms with van der Waals surface area (Å²) < 4.78 is 0. The minimum absolute atomic E-state index is 0.130. The lowest BCUT2D eigenvalue weighted by Crippen LogP contribution is -2.34. The van der Waals surface area contributed by atoms with E-state index >= 15 is 0 Å². The predicted octanol–water partition coefficient (Wildman–Crippen LogP) is 2.94. The van der Waals surface area contributed by atoms with Crippen LogP contribution in [0.15, 0.2) is 6.20 Å². The Morgan fingerprint density at radius 3 is 2.50 bits per heavy atom. The van der Waals surface area contributed by atoms with Crippen LogP contribution in [-0.4, -0.2) is 22.7 Å². The zero-order chi connectivity index (χ0) is 13.8. The fraction of sp³-hybridized carbons (Fsp3) is 0.786. The fourth-order valence-corrected chi connectivity index (χ4v) is 2.70. The third kappa shape index (κ3) is 4.67. The summed E-state index contributed by atoms with van der Waals surface area (Å²) in [6, 6.07) is 0.371. The van der Waals surface area contributed by atoms with Crippen LogP contribution in [0.25, 0.3) is 0 Å². The molecule has 1 heterocycles. The SMILES string of the molecule is CC(C)C(CCO)NCc1cnc(C(C)(C)C)s1. The first-order valence-electron chi connectivity index (χ1n) is 6.64. The number of hydrogen-bond acceptors (Lipinski definition) is 4. The Labute approximate surface area is 115 Å². The highest BCUT2D eigenvalue weighted by Gasteiger charge is 2.18. The molecule has 0 radical (unpaired) electrons. The maximum atomic E-state index is 9.04. The second-order valence-corrected chi connectivity index (χ2v) is 7.24. The average Bonchev–Trinajstić information content (AvgIpc) is 2.71. The molecule has 104 valence electrons. The van der Waals surface area contributed by atoms with Gasteiger partial charge in [0, 0.05) is 35.7 Å². The molecule has 0 aliphatic carbocycles. The number of aromatic nitrogens is 1. The van der Waals surface area contributed by atoms with Crippen LogP contribution >= 0.6 is 11.3 Å². The van der Waals surface area contributed by atoms with E-state index in [1.54, 1.807) is 11.3 Å². The van der Waals surface area contributed by atoms with Crippen molar-refractivity contribution in [3.05, 3.63) is 16.1 Å². The summed E-state index contributed by atoms with van der Waals surface area (Å²) >= 11 is 1.78. The summed E-state index contributed by atoms with van der Waals surface area (Å²) in [4.78, 5) is 5.75. The molecule has 0 fully saturated rings. The van der Waals surface area contributed by atoms with E-state index in [-0.39, 0.29) is 12.0 Å². The Morgan fingerprint density at radius 1 is 1.39 bits per heavy atom. The number of thiazole rings is 1. The molecule has 0 aromatic carbocycles. The van der Waals surface area contributed by atoms with E-state index in [1.165, 1.54) is 9.88 Å². The first-order valence-corrected chi connectivity index (χ1v) is 7.45. The van der Waals surface area contributed by atoms with Gasteiger partial charge in [-0.3, -0.25) is 0 Å². The minimum atomic E-state index is 0.130. The Hall–Kier alpha value is -0.450. The van der Waals surface area contributed by atoms with Gasteiger partial charge in [-0.15, -0.1) is 11.3 Å². The number of hydrogen-bond donors (Lipinski definition) is 2. The molecule has 3 nitrogen and oxygen atoms in total. The molecule has 0 amide bonds. The Morgan fingerprint density at radius 2 is 2.06 bits per heavy atom. The second kappa shape index (κ2) is 6.64. The van der Waals surface area contributed by atoms with Gasteiger partial charge in [0.2, 0.25) is 0 Å².